The number of aliphatic hydroxyl groups excluding tert-OH is 1. The van der Waals surface area contributed by atoms with E-state index in [9.17, 15) is 36.0 Å². The summed E-state index contributed by atoms with van der Waals surface area (Å²) in [5.74, 6) is -1.06. The van der Waals surface area contributed by atoms with Crippen LogP contribution in [0.15, 0.2) is 48.5 Å². The van der Waals surface area contributed by atoms with E-state index in [1.165, 1.54) is 24.3 Å². The fraction of sp³-hybridized carbons (Fsp3) is 0.458. The number of benzene rings is 2. The number of alkyl halides is 3. The van der Waals surface area contributed by atoms with E-state index in [0.29, 0.717) is 24.9 Å². The minimum absolute atomic E-state index is 0.00934. The molecule has 2 aromatic rings. The van der Waals surface area contributed by atoms with Gasteiger partial charge in [-0.3, -0.25) is 4.55 Å². The molecule has 0 radical (unpaired) electrons. The summed E-state index contributed by atoms with van der Waals surface area (Å²) < 4.78 is 72.7. The third-order valence-electron chi connectivity index (χ3n) is 6.18. The van der Waals surface area contributed by atoms with Crippen LogP contribution in [0.4, 0.5) is 13.2 Å². The monoisotopic (exact) mass is 530 g/mol. The smallest absolute Gasteiger partial charge is 0.416 e. The van der Waals surface area contributed by atoms with Gasteiger partial charge >= 0.3 is 12.1 Å². The molecule has 2 atom stereocenters. The highest BCUT2D eigenvalue weighted by atomic mass is 32.2. The maximum Gasteiger partial charge on any atom is 0.416 e. The topological polar surface area (TPSA) is 118 Å². The second-order valence-electron chi connectivity index (χ2n) is 8.83. The van der Waals surface area contributed by atoms with Crippen LogP contribution >= 0.6 is 0 Å². The molecular weight excluding hydrogens is 501 g/mol. The first-order chi connectivity index (χ1) is 16.8. The summed E-state index contributed by atoms with van der Waals surface area (Å²) in [6.45, 7) is 0.949. The van der Waals surface area contributed by atoms with E-state index >= 15 is 0 Å². The summed E-state index contributed by atoms with van der Waals surface area (Å²) >= 11 is 0. The normalized spacial score (nSPS) is 18.8. The lowest BCUT2D eigenvalue weighted by molar-refractivity contribution is -0.137. The number of hydrogen-bond donors (Lipinski definition) is 3. The van der Waals surface area contributed by atoms with Gasteiger partial charge in [-0.2, -0.15) is 21.6 Å². The predicted molar refractivity (Wildman–Crippen MR) is 126 cm³/mol. The highest BCUT2D eigenvalue weighted by Crippen LogP contribution is 2.30. The number of hydrogen-bond acceptors (Lipinski definition) is 6. The molecule has 0 amide bonds. The third-order valence-corrected chi connectivity index (χ3v) is 7.35. The molecule has 3 N–H and O–H groups in total. The standard InChI is InChI=1S/C24H29F3N2O6S/c25-24(26,27)20-4-1-3-18(15-20)16-21(30)11-13-28-12-2-5-22(36(33,34)35)29(28)14-10-17-6-8-19(9-7-17)23(31)32/h1,3-4,6-9,15,21-22,30H,2,5,10-14,16H2,(H,31,32)(H,33,34,35). The number of halogens is 3. The highest BCUT2D eigenvalue weighted by Gasteiger charge is 2.36. The van der Waals surface area contributed by atoms with Crippen LogP contribution in [0.5, 0.6) is 0 Å². The summed E-state index contributed by atoms with van der Waals surface area (Å²) in [7, 11) is -4.40. The molecule has 0 saturated carbocycles. The number of aromatic carboxylic acids is 1. The zero-order valence-electron chi connectivity index (χ0n) is 19.4. The molecule has 0 aliphatic carbocycles. The Kier molecular flexibility index (Phi) is 9.12. The lowest BCUT2D eigenvalue weighted by Gasteiger charge is -2.43. The van der Waals surface area contributed by atoms with E-state index in [4.69, 9.17) is 5.11 Å². The Balaban J connectivity index is 1.65. The molecule has 1 fully saturated rings. The van der Waals surface area contributed by atoms with E-state index < -0.39 is 39.3 Å². The molecule has 36 heavy (non-hydrogen) atoms. The van der Waals surface area contributed by atoms with Gasteiger partial charge in [0, 0.05) is 19.6 Å². The van der Waals surface area contributed by atoms with Gasteiger partial charge in [-0.15, -0.1) is 0 Å². The van der Waals surface area contributed by atoms with Crippen LogP contribution in [0.3, 0.4) is 0 Å². The molecular formula is C24H29F3N2O6S. The highest BCUT2D eigenvalue weighted by molar-refractivity contribution is 7.86. The van der Waals surface area contributed by atoms with Crippen molar-refractivity contribution in [3.63, 3.8) is 0 Å². The molecule has 2 aromatic carbocycles. The predicted octanol–water partition coefficient (Wildman–Crippen LogP) is 3.47. The Morgan fingerprint density at radius 1 is 1.08 bits per heavy atom. The first-order valence-electron chi connectivity index (χ1n) is 11.5. The molecule has 2 unspecified atom stereocenters. The summed E-state index contributed by atoms with van der Waals surface area (Å²) in [5, 5.41) is 21.6. The number of carboxylic acids is 1. The average molecular weight is 531 g/mol. The van der Waals surface area contributed by atoms with E-state index in [1.54, 1.807) is 22.2 Å². The van der Waals surface area contributed by atoms with Gasteiger partial charge < -0.3 is 10.2 Å². The van der Waals surface area contributed by atoms with Crippen molar-refractivity contribution in [2.45, 2.75) is 49.8 Å². The van der Waals surface area contributed by atoms with Gasteiger partial charge in [0.15, 0.2) is 5.37 Å². The zero-order valence-corrected chi connectivity index (χ0v) is 20.2. The van der Waals surface area contributed by atoms with E-state index in [2.05, 4.69) is 0 Å². The van der Waals surface area contributed by atoms with Crippen molar-refractivity contribution in [1.29, 1.82) is 0 Å². The lowest BCUT2D eigenvalue weighted by Crippen LogP contribution is -2.56. The summed E-state index contributed by atoms with van der Waals surface area (Å²) in [6, 6.07) is 10.9. The van der Waals surface area contributed by atoms with Gasteiger partial charge in [-0.25, -0.2) is 14.8 Å². The number of carboxylic acid groups (broad SMARTS) is 1. The van der Waals surface area contributed by atoms with Crippen LogP contribution in [0.25, 0.3) is 0 Å². The molecule has 0 spiro atoms. The molecule has 12 heteroatoms. The number of hydrazine groups is 1. The third kappa shape index (κ3) is 7.74. The van der Waals surface area contributed by atoms with Gasteiger partial charge in [0.25, 0.3) is 10.1 Å². The molecule has 1 saturated heterocycles. The van der Waals surface area contributed by atoms with Crippen LogP contribution in [-0.2, 0) is 29.1 Å². The molecule has 0 aromatic heterocycles. The largest absolute Gasteiger partial charge is 0.478 e. The molecule has 1 aliphatic heterocycles. The van der Waals surface area contributed by atoms with Crippen molar-refractivity contribution < 1.29 is 41.1 Å². The number of aliphatic hydroxyl groups is 1. The number of carbonyl (C=O) groups is 1. The fourth-order valence-electron chi connectivity index (χ4n) is 4.34. The van der Waals surface area contributed by atoms with Gasteiger partial charge in [0.1, 0.15) is 0 Å². The maximum absolute atomic E-state index is 13.0. The van der Waals surface area contributed by atoms with Crippen LogP contribution in [0.1, 0.15) is 46.3 Å². The maximum atomic E-state index is 13.0. The van der Waals surface area contributed by atoms with Crippen molar-refractivity contribution in [1.82, 2.24) is 10.0 Å². The summed E-state index contributed by atoms with van der Waals surface area (Å²) in [4.78, 5) is 11.0. The van der Waals surface area contributed by atoms with Crippen LogP contribution in [-0.4, -0.2) is 70.3 Å². The minimum Gasteiger partial charge on any atom is -0.478 e. The van der Waals surface area contributed by atoms with Gasteiger partial charge in [-0.1, -0.05) is 30.3 Å². The Morgan fingerprint density at radius 3 is 2.39 bits per heavy atom. The van der Waals surface area contributed by atoms with Crippen molar-refractivity contribution in [3.8, 4) is 0 Å². The SMILES string of the molecule is O=C(O)c1ccc(CCN2C(S(=O)(=O)O)CCCN2CCC(O)Cc2cccc(C(F)(F)F)c2)cc1. The molecule has 0 bridgehead atoms. The summed E-state index contributed by atoms with van der Waals surface area (Å²) in [6.07, 6.45) is -4.14. The number of rotatable bonds is 10. The summed E-state index contributed by atoms with van der Waals surface area (Å²) in [5.41, 5.74) is 0.461. The fourth-order valence-corrected chi connectivity index (χ4v) is 5.35. The average Bonchev–Trinajstić information content (AvgIpc) is 2.80. The van der Waals surface area contributed by atoms with E-state index in [0.717, 1.165) is 17.7 Å². The van der Waals surface area contributed by atoms with Crippen LogP contribution in [0, 0.1) is 0 Å². The van der Waals surface area contributed by atoms with Gasteiger partial charge in [0.2, 0.25) is 0 Å². The van der Waals surface area contributed by atoms with E-state index in [-0.39, 0.29) is 37.9 Å². The van der Waals surface area contributed by atoms with E-state index in [1.807, 2.05) is 0 Å². The van der Waals surface area contributed by atoms with Crippen molar-refractivity contribution >= 4 is 16.1 Å². The van der Waals surface area contributed by atoms with Crippen LogP contribution in [0.2, 0.25) is 0 Å². The van der Waals surface area contributed by atoms with Crippen molar-refractivity contribution in [2.75, 3.05) is 19.6 Å². The molecule has 8 nitrogen and oxygen atoms in total. The minimum atomic E-state index is -4.48. The van der Waals surface area contributed by atoms with Crippen molar-refractivity contribution in [3.05, 3.63) is 70.8 Å². The zero-order chi connectivity index (χ0) is 26.5. The second-order valence-corrected chi connectivity index (χ2v) is 10.4. The Labute approximate surface area is 207 Å². The Bertz CT molecular complexity index is 1140. The lowest BCUT2D eigenvalue weighted by atomic mass is 10.0. The first kappa shape index (κ1) is 28.1. The van der Waals surface area contributed by atoms with Crippen LogP contribution < -0.4 is 0 Å². The quantitative estimate of drug-likeness (QED) is 0.400. The second kappa shape index (κ2) is 11.7. The first-order valence-corrected chi connectivity index (χ1v) is 13.0. The molecule has 198 valence electrons. The Morgan fingerprint density at radius 2 is 1.78 bits per heavy atom. The number of nitrogens with zero attached hydrogens (tertiary/aromatic N) is 2. The molecule has 1 aliphatic rings. The van der Waals surface area contributed by atoms with Gasteiger partial charge in [-0.05, 0) is 61.4 Å². The molecule has 3 rings (SSSR count). The van der Waals surface area contributed by atoms with Crippen molar-refractivity contribution in [2.24, 2.45) is 0 Å². The van der Waals surface area contributed by atoms with Gasteiger partial charge in [0.05, 0.1) is 17.2 Å². The Hall–Kier alpha value is -2.51. The molecule has 1 heterocycles.